The quantitative estimate of drug-likeness (QED) is 0.587. The fraction of sp³-hybridized carbons (Fsp3) is 0.818. The van der Waals surface area contributed by atoms with Gasteiger partial charge in [0.1, 0.15) is 0 Å². The lowest BCUT2D eigenvalue weighted by atomic mass is 10.2. The van der Waals surface area contributed by atoms with Gasteiger partial charge in [-0.3, -0.25) is 15.2 Å². The van der Waals surface area contributed by atoms with Crippen LogP contribution in [0, 0.1) is 5.92 Å². The largest absolute Gasteiger partial charge is 0.282 e. The van der Waals surface area contributed by atoms with Crippen LogP contribution in [0.2, 0.25) is 0 Å². The third-order valence-corrected chi connectivity index (χ3v) is 2.18. The number of carbonyl (C=O) groups is 1. The Morgan fingerprint density at radius 3 is 2.00 bits per heavy atom. The first-order valence-electron chi connectivity index (χ1n) is 5.47. The fourth-order valence-corrected chi connectivity index (χ4v) is 0.754. The molecule has 0 atom stereocenters. The molecule has 0 radical (unpaired) electrons. The van der Waals surface area contributed by atoms with Crippen molar-refractivity contribution >= 4 is 23.1 Å². The van der Waals surface area contributed by atoms with Crippen LogP contribution in [0.25, 0.3) is 0 Å². The summed E-state index contributed by atoms with van der Waals surface area (Å²) in [5.41, 5.74) is 2.66. The Labute approximate surface area is 99.2 Å². The van der Waals surface area contributed by atoms with Crippen molar-refractivity contribution in [3.05, 3.63) is 0 Å². The Hall–Kier alpha value is -0.640. The van der Waals surface area contributed by atoms with E-state index in [4.69, 9.17) is 12.2 Å². The number of carbonyl (C=O) groups excluding carboxylic acids is 1. The van der Waals surface area contributed by atoms with Gasteiger partial charge in [0, 0.05) is 19.4 Å². The molecule has 0 bridgehead atoms. The Balaban J connectivity index is 0. The summed E-state index contributed by atoms with van der Waals surface area (Å²) in [6.45, 7) is 10.1. The third-order valence-electron chi connectivity index (χ3n) is 1.44. The molecule has 90 valence electrons. The van der Waals surface area contributed by atoms with Crippen LogP contribution in [0.15, 0.2) is 0 Å². The highest BCUT2D eigenvalue weighted by atomic mass is 32.1. The van der Waals surface area contributed by atoms with Crippen LogP contribution in [0.4, 0.5) is 0 Å². The van der Waals surface area contributed by atoms with Gasteiger partial charge >= 0.3 is 0 Å². The smallest absolute Gasteiger partial charge is 0.238 e. The molecule has 0 fully saturated rings. The monoisotopic (exact) mass is 232 g/mol. The number of hydrogen-bond acceptors (Lipinski definition) is 2. The average Bonchev–Trinajstić information content (AvgIpc) is 2.17. The van der Waals surface area contributed by atoms with Gasteiger partial charge in [0.2, 0.25) is 5.91 Å². The highest BCUT2D eigenvalue weighted by Gasteiger charge is 2.09. The van der Waals surface area contributed by atoms with Crippen LogP contribution >= 0.6 is 12.2 Å². The van der Waals surface area contributed by atoms with Gasteiger partial charge in [-0.25, -0.2) is 0 Å². The van der Waals surface area contributed by atoms with Crippen LogP contribution in [-0.4, -0.2) is 23.0 Å². The lowest BCUT2D eigenvalue weighted by Gasteiger charge is -2.22. The van der Waals surface area contributed by atoms with Gasteiger partial charge in [0.15, 0.2) is 0 Å². The van der Waals surface area contributed by atoms with Crippen molar-refractivity contribution in [3.63, 3.8) is 0 Å². The zero-order valence-electron chi connectivity index (χ0n) is 10.8. The van der Waals surface area contributed by atoms with Gasteiger partial charge in [-0.15, -0.1) is 0 Å². The summed E-state index contributed by atoms with van der Waals surface area (Å²) in [4.78, 5) is 11.7. The summed E-state index contributed by atoms with van der Waals surface area (Å²) in [5.74, 6) is 0.266. The van der Waals surface area contributed by atoms with E-state index in [9.17, 15) is 4.79 Å². The molecule has 0 spiro atoms. The van der Waals surface area contributed by atoms with E-state index >= 15 is 0 Å². The van der Waals surface area contributed by atoms with Crippen LogP contribution in [-0.2, 0) is 4.79 Å². The van der Waals surface area contributed by atoms with E-state index in [2.05, 4.69) is 19.3 Å². The predicted octanol–water partition coefficient (Wildman–Crippen LogP) is 2.76. The average molecular weight is 232 g/mol. The second-order valence-electron chi connectivity index (χ2n) is 3.65. The molecule has 0 saturated carbocycles. The van der Waals surface area contributed by atoms with Crippen molar-refractivity contribution in [2.45, 2.75) is 47.5 Å². The summed E-state index contributed by atoms with van der Waals surface area (Å²) in [6.07, 6.45) is 1.73. The molecule has 0 saturated heterocycles. The fourth-order valence-electron chi connectivity index (χ4n) is 0.709. The molecule has 0 aliphatic heterocycles. The van der Waals surface area contributed by atoms with Crippen molar-refractivity contribution in [1.29, 1.82) is 0 Å². The molecular weight excluding hydrogens is 208 g/mol. The minimum absolute atomic E-state index is 0.0134. The van der Waals surface area contributed by atoms with Crippen LogP contribution in [0.5, 0.6) is 0 Å². The van der Waals surface area contributed by atoms with E-state index < -0.39 is 0 Å². The SMILES string of the molecule is CCC.CCC(=O)NN(C)C(=S)C(C)C. The maximum Gasteiger partial charge on any atom is 0.238 e. The van der Waals surface area contributed by atoms with Crippen molar-refractivity contribution in [3.8, 4) is 0 Å². The zero-order chi connectivity index (χ0) is 12.4. The summed E-state index contributed by atoms with van der Waals surface area (Å²) >= 11 is 5.08. The lowest BCUT2D eigenvalue weighted by molar-refractivity contribution is -0.123. The first-order chi connectivity index (χ1) is 6.90. The Bertz CT molecular complexity index is 193. The van der Waals surface area contributed by atoms with E-state index in [1.165, 1.54) is 6.42 Å². The van der Waals surface area contributed by atoms with E-state index in [0.717, 1.165) is 4.99 Å². The highest BCUT2D eigenvalue weighted by Crippen LogP contribution is 1.99. The summed E-state index contributed by atoms with van der Waals surface area (Å²) < 4.78 is 0. The molecule has 1 amide bonds. The highest BCUT2D eigenvalue weighted by molar-refractivity contribution is 7.80. The molecule has 0 rings (SSSR count). The molecule has 0 aromatic heterocycles. The van der Waals surface area contributed by atoms with Gasteiger partial charge in [0.05, 0.1) is 4.99 Å². The Morgan fingerprint density at radius 1 is 1.33 bits per heavy atom. The number of hydrogen-bond donors (Lipinski definition) is 1. The van der Waals surface area contributed by atoms with Gasteiger partial charge in [0.25, 0.3) is 0 Å². The van der Waals surface area contributed by atoms with Crippen LogP contribution < -0.4 is 5.43 Å². The number of thiocarbonyl (C=S) groups is 1. The molecule has 0 aromatic carbocycles. The Kier molecular flexibility index (Phi) is 11.1. The van der Waals surface area contributed by atoms with Gasteiger partial charge in [-0.2, -0.15) is 0 Å². The second kappa shape index (κ2) is 9.90. The normalized spacial score (nSPS) is 9.00. The summed E-state index contributed by atoms with van der Waals surface area (Å²) in [5, 5.41) is 1.60. The maximum atomic E-state index is 10.9. The minimum atomic E-state index is -0.0134. The molecule has 0 aliphatic carbocycles. The van der Waals surface area contributed by atoms with Crippen molar-refractivity contribution in [2.24, 2.45) is 5.92 Å². The van der Waals surface area contributed by atoms with Crippen molar-refractivity contribution < 1.29 is 4.79 Å². The minimum Gasteiger partial charge on any atom is -0.282 e. The number of hydrazine groups is 1. The third kappa shape index (κ3) is 9.66. The molecule has 4 heteroatoms. The van der Waals surface area contributed by atoms with Crippen LogP contribution in [0.1, 0.15) is 47.5 Å². The van der Waals surface area contributed by atoms with Gasteiger partial charge < -0.3 is 0 Å². The zero-order valence-corrected chi connectivity index (χ0v) is 11.6. The van der Waals surface area contributed by atoms with E-state index in [-0.39, 0.29) is 11.8 Å². The van der Waals surface area contributed by atoms with Crippen molar-refractivity contribution in [1.82, 2.24) is 10.4 Å². The molecule has 1 N–H and O–H groups in total. The Morgan fingerprint density at radius 2 is 1.73 bits per heavy atom. The molecule has 0 aliphatic rings. The molecule has 0 aromatic rings. The predicted molar refractivity (Wildman–Crippen MR) is 69.6 cm³/mol. The van der Waals surface area contributed by atoms with Crippen LogP contribution in [0.3, 0.4) is 0 Å². The maximum absolute atomic E-state index is 10.9. The second-order valence-corrected chi connectivity index (χ2v) is 4.07. The van der Waals surface area contributed by atoms with Crippen molar-refractivity contribution in [2.75, 3.05) is 7.05 Å². The number of amides is 1. The standard InChI is InChI=1S/C8H16N2OS.C3H8/c1-5-7(11)9-10(4)8(12)6(2)3;1-3-2/h6H,5H2,1-4H3,(H,9,11);3H2,1-2H3. The first-order valence-corrected chi connectivity index (χ1v) is 5.88. The molecule has 0 heterocycles. The number of nitrogens with zero attached hydrogens (tertiary/aromatic N) is 1. The molecular formula is C11H24N2OS. The van der Waals surface area contributed by atoms with E-state index in [0.29, 0.717) is 6.42 Å². The number of rotatable bonds is 2. The topological polar surface area (TPSA) is 32.3 Å². The molecule has 0 unspecified atom stereocenters. The van der Waals surface area contributed by atoms with Gasteiger partial charge in [-0.05, 0) is 0 Å². The van der Waals surface area contributed by atoms with E-state index in [1.54, 1.807) is 12.1 Å². The summed E-state index contributed by atoms with van der Waals surface area (Å²) in [7, 11) is 1.76. The molecule has 3 nitrogen and oxygen atoms in total. The van der Waals surface area contributed by atoms with Gasteiger partial charge in [-0.1, -0.05) is 53.3 Å². The van der Waals surface area contributed by atoms with E-state index in [1.807, 2.05) is 20.8 Å². The summed E-state index contributed by atoms with van der Waals surface area (Å²) in [6, 6.07) is 0. The lowest BCUT2D eigenvalue weighted by Crippen LogP contribution is -2.43. The number of nitrogens with one attached hydrogen (secondary N) is 1. The molecule has 15 heavy (non-hydrogen) atoms. The first kappa shape index (κ1) is 16.8.